The summed E-state index contributed by atoms with van der Waals surface area (Å²) >= 11 is 0. The van der Waals surface area contributed by atoms with Crippen molar-refractivity contribution in [3.8, 4) is 0 Å². The molecule has 21 heavy (non-hydrogen) atoms. The van der Waals surface area contributed by atoms with Gasteiger partial charge in [-0.1, -0.05) is 0 Å². The first kappa shape index (κ1) is 15.7. The number of unbranched alkanes of at least 4 members (excludes halogenated alkanes) is 1. The number of nitrogens with two attached hydrogens (primary N) is 1. The minimum atomic E-state index is -0.671. The molecule has 0 amide bonds. The van der Waals surface area contributed by atoms with Crippen molar-refractivity contribution in [1.29, 1.82) is 0 Å². The number of nitrogen functional groups attached to an aromatic ring is 1. The molecule has 0 atom stereocenters. The number of hydrogen-bond donors (Lipinski definition) is 1. The summed E-state index contributed by atoms with van der Waals surface area (Å²) in [6.45, 7) is 5.88. The molecule has 0 spiro atoms. The molecule has 0 fully saturated rings. The van der Waals surface area contributed by atoms with Crippen LogP contribution in [-0.2, 0) is 6.54 Å². The number of hydrogen-bond acceptors (Lipinski definition) is 3. The highest BCUT2D eigenvalue weighted by Crippen LogP contribution is 2.22. The highest BCUT2D eigenvalue weighted by molar-refractivity contribution is 5.79. The third kappa shape index (κ3) is 3.50. The van der Waals surface area contributed by atoms with Gasteiger partial charge in [0.2, 0.25) is 5.95 Å². The van der Waals surface area contributed by atoms with E-state index in [0.717, 1.165) is 25.5 Å². The maximum absolute atomic E-state index is 13.6. The Morgan fingerprint density at radius 3 is 2.67 bits per heavy atom. The number of benzene rings is 1. The third-order valence-electron chi connectivity index (χ3n) is 3.83. The number of anilines is 1. The van der Waals surface area contributed by atoms with Gasteiger partial charge in [0.1, 0.15) is 11.3 Å². The molecule has 4 nitrogen and oxygen atoms in total. The minimum Gasteiger partial charge on any atom is -0.369 e. The van der Waals surface area contributed by atoms with Gasteiger partial charge in [0.15, 0.2) is 5.82 Å². The zero-order valence-electron chi connectivity index (χ0n) is 12.7. The second-order valence-corrected chi connectivity index (χ2v) is 5.66. The smallest absolute Gasteiger partial charge is 0.201 e. The molecule has 0 saturated heterocycles. The molecule has 6 heteroatoms. The average Bonchev–Trinajstić information content (AvgIpc) is 2.71. The molecule has 0 saturated carbocycles. The summed E-state index contributed by atoms with van der Waals surface area (Å²) < 4.78 is 28.7. The van der Waals surface area contributed by atoms with Gasteiger partial charge in [-0.3, -0.25) is 0 Å². The number of aryl methyl sites for hydroxylation is 1. The number of rotatable bonds is 6. The lowest BCUT2D eigenvalue weighted by Crippen LogP contribution is -2.27. The molecule has 0 unspecified atom stereocenters. The number of fused-ring (bicyclic) bond motifs is 1. The average molecular weight is 296 g/mol. The molecule has 0 aliphatic carbocycles. The van der Waals surface area contributed by atoms with Crippen LogP contribution in [-0.4, -0.2) is 34.1 Å². The predicted octanol–water partition coefficient (Wildman–Crippen LogP) is 3.02. The van der Waals surface area contributed by atoms with Gasteiger partial charge >= 0.3 is 0 Å². The molecule has 0 aliphatic heterocycles. The molecule has 2 N–H and O–H groups in total. The van der Waals surface area contributed by atoms with Crippen LogP contribution in [0.25, 0.3) is 11.0 Å². The summed E-state index contributed by atoms with van der Waals surface area (Å²) in [4.78, 5) is 6.24. The van der Waals surface area contributed by atoms with Crippen LogP contribution >= 0.6 is 0 Å². The topological polar surface area (TPSA) is 47.1 Å². The second-order valence-electron chi connectivity index (χ2n) is 5.66. The van der Waals surface area contributed by atoms with Crippen LogP contribution in [0, 0.1) is 11.6 Å². The fraction of sp³-hybridized carbons (Fsp3) is 0.533. The standard InChI is InChI=1S/C15H22F2N4/c1-10(2)20(3)6-4-5-7-21-13-9-11(16)8-12(17)14(13)19-15(21)18/h8-10H,4-7H2,1-3H3,(H2,18,19). The van der Waals surface area contributed by atoms with E-state index in [4.69, 9.17) is 5.73 Å². The van der Waals surface area contributed by atoms with Crippen molar-refractivity contribution in [1.82, 2.24) is 14.5 Å². The van der Waals surface area contributed by atoms with E-state index in [2.05, 4.69) is 30.8 Å². The lowest BCUT2D eigenvalue weighted by Gasteiger charge is -2.20. The largest absolute Gasteiger partial charge is 0.369 e. The van der Waals surface area contributed by atoms with Crippen LogP contribution in [0.4, 0.5) is 14.7 Å². The fourth-order valence-electron chi connectivity index (χ4n) is 2.29. The molecule has 0 radical (unpaired) electrons. The van der Waals surface area contributed by atoms with Gasteiger partial charge in [-0.25, -0.2) is 13.8 Å². The van der Waals surface area contributed by atoms with Crippen molar-refractivity contribution in [3.05, 3.63) is 23.8 Å². The van der Waals surface area contributed by atoms with Crippen LogP contribution in [0.15, 0.2) is 12.1 Å². The van der Waals surface area contributed by atoms with E-state index in [1.54, 1.807) is 4.57 Å². The Kier molecular flexibility index (Phi) is 4.77. The van der Waals surface area contributed by atoms with Crippen molar-refractivity contribution in [2.24, 2.45) is 0 Å². The minimum absolute atomic E-state index is 0.133. The Morgan fingerprint density at radius 1 is 1.29 bits per heavy atom. The molecular formula is C15H22F2N4. The molecule has 116 valence electrons. The Morgan fingerprint density at radius 2 is 2.00 bits per heavy atom. The highest BCUT2D eigenvalue weighted by atomic mass is 19.1. The van der Waals surface area contributed by atoms with Crippen molar-refractivity contribution in [2.75, 3.05) is 19.3 Å². The third-order valence-corrected chi connectivity index (χ3v) is 3.83. The van der Waals surface area contributed by atoms with Gasteiger partial charge in [0.05, 0.1) is 5.52 Å². The van der Waals surface area contributed by atoms with Crippen LogP contribution in [0.5, 0.6) is 0 Å². The van der Waals surface area contributed by atoms with Crippen molar-refractivity contribution < 1.29 is 8.78 Å². The molecule has 1 aromatic carbocycles. The van der Waals surface area contributed by atoms with Gasteiger partial charge < -0.3 is 15.2 Å². The highest BCUT2D eigenvalue weighted by Gasteiger charge is 2.13. The lowest BCUT2D eigenvalue weighted by atomic mass is 10.2. The number of nitrogens with zero attached hydrogens (tertiary/aromatic N) is 3. The van der Waals surface area contributed by atoms with Crippen LogP contribution in [0.1, 0.15) is 26.7 Å². The number of imidazole rings is 1. The van der Waals surface area contributed by atoms with E-state index in [1.807, 2.05) is 0 Å². The molecular weight excluding hydrogens is 274 g/mol. The molecule has 1 aromatic heterocycles. The van der Waals surface area contributed by atoms with Crippen LogP contribution in [0.3, 0.4) is 0 Å². The SMILES string of the molecule is CC(C)N(C)CCCCn1c(N)nc2c(F)cc(F)cc21. The number of halogens is 2. The van der Waals surface area contributed by atoms with Gasteiger partial charge in [0.25, 0.3) is 0 Å². The van der Waals surface area contributed by atoms with Gasteiger partial charge in [-0.15, -0.1) is 0 Å². The van der Waals surface area contributed by atoms with E-state index in [9.17, 15) is 8.78 Å². The Labute approximate surface area is 123 Å². The van der Waals surface area contributed by atoms with Crippen LogP contribution in [0.2, 0.25) is 0 Å². The zero-order chi connectivity index (χ0) is 15.6. The van der Waals surface area contributed by atoms with Gasteiger partial charge in [-0.2, -0.15) is 0 Å². The maximum Gasteiger partial charge on any atom is 0.201 e. The lowest BCUT2D eigenvalue weighted by molar-refractivity contribution is 0.266. The van der Waals surface area contributed by atoms with Gasteiger partial charge in [-0.05, 0) is 40.3 Å². The van der Waals surface area contributed by atoms with E-state index in [-0.39, 0.29) is 11.5 Å². The zero-order valence-corrected chi connectivity index (χ0v) is 12.7. The molecule has 2 rings (SSSR count). The first-order valence-electron chi connectivity index (χ1n) is 7.21. The van der Waals surface area contributed by atoms with E-state index in [1.165, 1.54) is 6.07 Å². The Hall–Kier alpha value is -1.69. The van der Waals surface area contributed by atoms with Gasteiger partial charge in [0, 0.05) is 24.7 Å². The second kappa shape index (κ2) is 6.39. The monoisotopic (exact) mass is 296 g/mol. The summed E-state index contributed by atoms with van der Waals surface area (Å²) in [6, 6.07) is 2.62. The fourth-order valence-corrected chi connectivity index (χ4v) is 2.29. The van der Waals surface area contributed by atoms with Crippen molar-refractivity contribution >= 4 is 17.0 Å². The summed E-state index contributed by atoms with van der Waals surface area (Å²) in [5, 5.41) is 0. The Bertz CT molecular complexity index is 622. The maximum atomic E-state index is 13.6. The summed E-state index contributed by atoms with van der Waals surface area (Å²) in [5.74, 6) is -1.05. The molecule has 1 heterocycles. The quantitative estimate of drug-likeness (QED) is 0.834. The Balaban J connectivity index is 2.07. The predicted molar refractivity (Wildman–Crippen MR) is 81.1 cm³/mol. The number of aromatic nitrogens is 2. The van der Waals surface area contributed by atoms with Crippen molar-refractivity contribution in [2.45, 2.75) is 39.3 Å². The molecule has 0 aliphatic rings. The first-order valence-corrected chi connectivity index (χ1v) is 7.21. The van der Waals surface area contributed by atoms with E-state index < -0.39 is 11.6 Å². The van der Waals surface area contributed by atoms with E-state index in [0.29, 0.717) is 18.1 Å². The molecule has 0 bridgehead atoms. The summed E-state index contributed by atoms with van der Waals surface area (Å²) in [6.07, 6.45) is 1.87. The normalized spacial score (nSPS) is 12.0. The summed E-state index contributed by atoms with van der Waals surface area (Å²) in [5.41, 5.74) is 6.37. The first-order chi connectivity index (χ1) is 9.90. The van der Waals surface area contributed by atoms with E-state index >= 15 is 0 Å². The molecule has 2 aromatic rings. The summed E-state index contributed by atoms with van der Waals surface area (Å²) in [7, 11) is 2.08. The van der Waals surface area contributed by atoms with Crippen LogP contribution < -0.4 is 5.73 Å². The van der Waals surface area contributed by atoms with Crippen molar-refractivity contribution in [3.63, 3.8) is 0 Å².